The van der Waals surface area contributed by atoms with Crippen LogP contribution in [0.1, 0.15) is 12.8 Å². The van der Waals surface area contributed by atoms with E-state index in [9.17, 15) is 9.59 Å². The zero-order valence-corrected chi connectivity index (χ0v) is 15.6. The van der Waals surface area contributed by atoms with Crippen molar-refractivity contribution in [1.29, 1.82) is 0 Å². The van der Waals surface area contributed by atoms with Crippen molar-refractivity contribution >= 4 is 29.3 Å². The number of benzene rings is 2. The van der Waals surface area contributed by atoms with Crippen LogP contribution in [0.5, 0.6) is 0 Å². The SMILES string of the molecule is CN(CC(=O)Nc1ccccc1Sc1ccccc1)CC(=O)NC1CC1. The Labute approximate surface area is 158 Å². The molecule has 136 valence electrons. The lowest BCUT2D eigenvalue weighted by atomic mass is 10.3. The van der Waals surface area contributed by atoms with Gasteiger partial charge in [-0.05, 0) is 44.2 Å². The number of rotatable bonds is 8. The first kappa shape index (κ1) is 18.5. The van der Waals surface area contributed by atoms with Crippen molar-refractivity contribution in [2.24, 2.45) is 0 Å². The molecule has 1 aliphatic rings. The normalized spacial score (nSPS) is 13.5. The highest BCUT2D eigenvalue weighted by molar-refractivity contribution is 7.99. The summed E-state index contributed by atoms with van der Waals surface area (Å²) in [7, 11) is 1.77. The van der Waals surface area contributed by atoms with Gasteiger partial charge in [-0.1, -0.05) is 42.1 Å². The van der Waals surface area contributed by atoms with Gasteiger partial charge in [0.2, 0.25) is 11.8 Å². The van der Waals surface area contributed by atoms with E-state index in [4.69, 9.17) is 0 Å². The van der Waals surface area contributed by atoms with Crippen LogP contribution in [0.2, 0.25) is 0 Å². The molecule has 1 aliphatic carbocycles. The maximum Gasteiger partial charge on any atom is 0.238 e. The quantitative estimate of drug-likeness (QED) is 0.751. The molecule has 5 nitrogen and oxygen atoms in total. The molecule has 0 bridgehead atoms. The number of amides is 2. The molecule has 0 unspecified atom stereocenters. The summed E-state index contributed by atoms with van der Waals surface area (Å²) in [5, 5.41) is 5.88. The number of nitrogens with zero attached hydrogens (tertiary/aromatic N) is 1. The number of hydrogen-bond donors (Lipinski definition) is 2. The van der Waals surface area contributed by atoms with Gasteiger partial charge in [0.05, 0.1) is 18.8 Å². The molecule has 2 N–H and O–H groups in total. The molecule has 2 aromatic rings. The number of hydrogen-bond acceptors (Lipinski definition) is 4. The number of anilines is 1. The van der Waals surface area contributed by atoms with E-state index in [-0.39, 0.29) is 24.9 Å². The largest absolute Gasteiger partial charge is 0.352 e. The van der Waals surface area contributed by atoms with Crippen molar-refractivity contribution in [3.05, 3.63) is 54.6 Å². The zero-order valence-electron chi connectivity index (χ0n) is 14.8. The first-order chi connectivity index (χ1) is 12.6. The molecule has 0 atom stereocenters. The second-order valence-electron chi connectivity index (χ2n) is 6.47. The van der Waals surface area contributed by atoms with E-state index in [2.05, 4.69) is 10.6 Å². The molecule has 6 heteroatoms. The van der Waals surface area contributed by atoms with Crippen LogP contribution in [0.3, 0.4) is 0 Å². The van der Waals surface area contributed by atoms with Crippen molar-refractivity contribution in [2.75, 3.05) is 25.5 Å². The Morgan fingerprint density at radius 3 is 2.38 bits per heavy atom. The lowest BCUT2D eigenvalue weighted by molar-refractivity contribution is -0.123. The van der Waals surface area contributed by atoms with Crippen LogP contribution in [0.15, 0.2) is 64.4 Å². The molecule has 0 spiro atoms. The number of carbonyl (C=O) groups is 2. The minimum atomic E-state index is -0.132. The fourth-order valence-electron chi connectivity index (χ4n) is 2.51. The smallest absolute Gasteiger partial charge is 0.238 e. The molecule has 0 radical (unpaired) electrons. The number of likely N-dealkylation sites (N-methyl/N-ethyl adjacent to an activating group) is 1. The Balaban J connectivity index is 1.54. The van der Waals surface area contributed by atoms with Crippen LogP contribution in [0.4, 0.5) is 5.69 Å². The number of nitrogens with one attached hydrogen (secondary N) is 2. The maximum atomic E-state index is 12.3. The summed E-state index contributed by atoms with van der Waals surface area (Å²) in [5.74, 6) is -0.157. The molecule has 0 heterocycles. The Bertz CT molecular complexity index is 763. The molecule has 0 aliphatic heterocycles. The average Bonchev–Trinajstić information content (AvgIpc) is 3.41. The van der Waals surface area contributed by atoms with E-state index in [0.717, 1.165) is 28.3 Å². The summed E-state index contributed by atoms with van der Waals surface area (Å²) < 4.78 is 0. The van der Waals surface area contributed by atoms with Crippen molar-refractivity contribution in [3.63, 3.8) is 0 Å². The van der Waals surface area contributed by atoms with E-state index in [1.807, 2.05) is 54.6 Å². The second kappa shape index (κ2) is 8.87. The molecular weight excluding hydrogens is 346 g/mol. The Morgan fingerprint density at radius 1 is 1.00 bits per heavy atom. The summed E-state index contributed by atoms with van der Waals surface area (Å²) in [4.78, 5) is 28.0. The molecule has 2 aromatic carbocycles. The third-order valence-electron chi connectivity index (χ3n) is 3.90. The Morgan fingerprint density at radius 2 is 1.65 bits per heavy atom. The van der Waals surface area contributed by atoms with E-state index in [0.29, 0.717) is 6.04 Å². The first-order valence-corrected chi connectivity index (χ1v) is 9.51. The molecule has 0 aromatic heterocycles. The van der Waals surface area contributed by atoms with Gasteiger partial charge in [-0.15, -0.1) is 0 Å². The van der Waals surface area contributed by atoms with Crippen molar-refractivity contribution in [1.82, 2.24) is 10.2 Å². The molecule has 1 saturated carbocycles. The molecule has 1 fully saturated rings. The lowest BCUT2D eigenvalue weighted by Crippen LogP contribution is -2.39. The number of para-hydroxylation sites is 1. The van der Waals surface area contributed by atoms with E-state index in [1.54, 1.807) is 23.7 Å². The van der Waals surface area contributed by atoms with Gasteiger partial charge in [0.25, 0.3) is 0 Å². The topological polar surface area (TPSA) is 61.4 Å². The summed E-state index contributed by atoms with van der Waals surface area (Å²) >= 11 is 1.61. The van der Waals surface area contributed by atoms with Gasteiger partial charge in [0.1, 0.15) is 0 Å². The van der Waals surface area contributed by atoms with E-state index in [1.165, 1.54) is 0 Å². The Hall–Kier alpha value is -2.31. The standard InChI is InChI=1S/C20H23N3O2S/c1-23(13-19(24)21-15-11-12-15)14-20(25)22-17-9-5-6-10-18(17)26-16-7-3-2-4-8-16/h2-10,15H,11-14H2,1H3,(H,21,24)(H,22,25). The van der Waals surface area contributed by atoms with Crippen LogP contribution in [-0.2, 0) is 9.59 Å². The van der Waals surface area contributed by atoms with Gasteiger partial charge >= 0.3 is 0 Å². The highest BCUT2D eigenvalue weighted by atomic mass is 32.2. The van der Waals surface area contributed by atoms with Gasteiger partial charge in [0, 0.05) is 15.8 Å². The highest BCUT2D eigenvalue weighted by Crippen LogP contribution is 2.33. The van der Waals surface area contributed by atoms with Gasteiger partial charge in [-0.2, -0.15) is 0 Å². The Kier molecular flexibility index (Phi) is 6.30. The summed E-state index contributed by atoms with van der Waals surface area (Å²) in [6.45, 7) is 0.396. The van der Waals surface area contributed by atoms with Crippen LogP contribution in [0, 0.1) is 0 Å². The van der Waals surface area contributed by atoms with Crippen LogP contribution < -0.4 is 10.6 Å². The first-order valence-electron chi connectivity index (χ1n) is 8.70. The third-order valence-corrected chi connectivity index (χ3v) is 4.99. The van der Waals surface area contributed by atoms with Gasteiger partial charge < -0.3 is 10.6 Å². The average molecular weight is 369 g/mol. The fourth-order valence-corrected chi connectivity index (χ4v) is 3.43. The van der Waals surface area contributed by atoms with Gasteiger partial charge in [0.15, 0.2) is 0 Å². The summed E-state index contributed by atoms with van der Waals surface area (Å²) in [6.07, 6.45) is 2.12. The number of carbonyl (C=O) groups excluding carboxylic acids is 2. The molecule has 0 saturated heterocycles. The van der Waals surface area contributed by atoms with E-state index < -0.39 is 0 Å². The zero-order chi connectivity index (χ0) is 18.4. The predicted octanol–water partition coefficient (Wildman–Crippen LogP) is 2.99. The minimum absolute atomic E-state index is 0.0252. The van der Waals surface area contributed by atoms with Crippen LogP contribution in [0.25, 0.3) is 0 Å². The summed E-state index contributed by atoms with van der Waals surface area (Å²) in [6, 6.07) is 18.1. The molecule has 3 rings (SSSR count). The third kappa shape index (κ3) is 5.89. The summed E-state index contributed by atoms with van der Waals surface area (Å²) in [5.41, 5.74) is 0.780. The molecule has 26 heavy (non-hydrogen) atoms. The monoisotopic (exact) mass is 369 g/mol. The fraction of sp³-hybridized carbons (Fsp3) is 0.300. The highest BCUT2D eigenvalue weighted by Gasteiger charge is 2.23. The van der Waals surface area contributed by atoms with Crippen LogP contribution >= 0.6 is 11.8 Å². The van der Waals surface area contributed by atoms with Gasteiger partial charge in [-0.3, -0.25) is 14.5 Å². The predicted molar refractivity (Wildman–Crippen MR) is 104 cm³/mol. The molecular formula is C20H23N3O2S. The molecule has 2 amide bonds. The van der Waals surface area contributed by atoms with Crippen LogP contribution in [-0.4, -0.2) is 42.9 Å². The lowest BCUT2D eigenvalue weighted by Gasteiger charge is -2.17. The van der Waals surface area contributed by atoms with Gasteiger partial charge in [-0.25, -0.2) is 0 Å². The maximum absolute atomic E-state index is 12.3. The second-order valence-corrected chi connectivity index (χ2v) is 7.59. The van der Waals surface area contributed by atoms with Crippen molar-refractivity contribution < 1.29 is 9.59 Å². The minimum Gasteiger partial charge on any atom is -0.352 e. The van der Waals surface area contributed by atoms with E-state index >= 15 is 0 Å². The van der Waals surface area contributed by atoms with Crippen molar-refractivity contribution in [2.45, 2.75) is 28.7 Å². The van der Waals surface area contributed by atoms with Crippen molar-refractivity contribution in [3.8, 4) is 0 Å².